The first kappa shape index (κ1) is 20.0. The van der Waals surface area contributed by atoms with Crippen LogP contribution >= 0.6 is 11.6 Å². The molecule has 0 saturated carbocycles. The van der Waals surface area contributed by atoms with Gasteiger partial charge in [-0.1, -0.05) is 74.8 Å². The van der Waals surface area contributed by atoms with Gasteiger partial charge in [-0.05, 0) is 40.7 Å². The molecule has 2 rings (SSSR count). The molecule has 5 heteroatoms. The number of halogens is 1. The van der Waals surface area contributed by atoms with Crippen molar-refractivity contribution < 1.29 is 9.63 Å². The summed E-state index contributed by atoms with van der Waals surface area (Å²) in [7, 11) is 0. The molecule has 0 atom stereocenters. The van der Waals surface area contributed by atoms with E-state index in [1.54, 1.807) is 18.3 Å². The third-order valence-corrected chi connectivity index (χ3v) is 4.23. The van der Waals surface area contributed by atoms with Gasteiger partial charge in [-0.15, -0.1) is 0 Å². The second kappa shape index (κ2) is 9.39. The number of benzene rings is 2. The number of carbonyl (C=O) groups excluding carboxylic acids is 1. The third kappa shape index (κ3) is 5.60. The molecule has 0 heterocycles. The van der Waals surface area contributed by atoms with Gasteiger partial charge in [0.25, 0.3) is 5.91 Å². The number of nitrogens with zero attached hydrogens (tertiary/aromatic N) is 1. The van der Waals surface area contributed by atoms with Crippen molar-refractivity contribution in [2.45, 2.75) is 39.5 Å². The van der Waals surface area contributed by atoms with Crippen molar-refractivity contribution in [3.05, 3.63) is 64.2 Å². The highest BCUT2D eigenvalue weighted by molar-refractivity contribution is 6.30. The maximum Gasteiger partial charge on any atom is 0.265 e. The van der Waals surface area contributed by atoms with E-state index in [0.29, 0.717) is 16.9 Å². The summed E-state index contributed by atoms with van der Waals surface area (Å²) in [6.45, 7) is 8.31. The molecule has 0 unspecified atom stereocenters. The SMILES string of the molecule is CC(C)c1cccc(C(C)C)c1NC(=O)CO/N=C\c1ccc(Cl)cc1. The number of anilines is 1. The molecular weight excluding hydrogens is 348 g/mol. The number of hydrogen-bond donors (Lipinski definition) is 1. The van der Waals surface area contributed by atoms with Crippen LogP contribution in [0.3, 0.4) is 0 Å². The number of rotatable bonds is 7. The molecule has 0 aliphatic rings. The summed E-state index contributed by atoms with van der Waals surface area (Å²) < 4.78 is 0. The van der Waals surface area contributed by atoms with Crippen LogP contribution in [0.25, 0.3) is 0 Å². The van der Waals surface area contributed by atoms with Gasteiger partial charge in [-0.3, -0.25) is 4.79 Å². The molecule has 0 bridgehead atoms. The Labute approximate surface area is 160 Å². The van der Waals surface area contributed by atoms with Crippen LogP contribution in [0.4, 0.5) is 5.69 Å². The Balaban J connectivity index is 2.00. The maximum absolute atomic E-state index is 12.3. The summed E-state index contributed by atoms with van der Waals surface area (Å²) in [5.74, 6) is 0.397. The Bertz CT molecular complexity index is 742. The zero-order valence-electron chi connectivity index (χ0n) is 15.6. The number of carbonyl (C=O) groups is 1. The fraction of sp³-hybridized carbons (Fsp3) is 0.333. The highest BCUT2D eigenvalue weighted by atomic mass is 35.5. The van der Waals surface area contributed by atoms with Gasteiger partial charge < -0.3 is 10.2 Å². The van der Waals surface area contributed by atoms with E-state index in [1.807, 2.05) is 30.3 Å². The Morgan fingerprint density at radius 3 is 2.19 bits per heavy atom. The molecule has 0 aromatic heterocycles. The minimum Gasteiger partial charge on any atom is -0.386 e. The van der Waals surface area contributed by atoms with Gasteiger partial charge in [-0.25, -0.2) is 0 Å². The highest BCUT2D eigenvalue weighted by Gasteiger charge is 2.16. The number of amides is 1. The average molecular weight is 373 g/mol. The topological polar surface area (TPSA) is 50.7 Å². The summed E-state index contributed by atoms with van der Waals surface area (Å²) >= 11 is 5.83. The van der Waals surface area contributed by atoms with Crippen LogP contribution in [0.1, 0.15) is 56.2 Å². The minimum atomic E-state index is -0.228. The van der Waals surface area contributed by atoms with Crippen LogP contribution in [0.15, 0.2) is 47.6 Å². The minimum absolute atomic E-state index is 0.145. The molecule has 26 heavy (non-hydrogen) atoms. The van der Waals surface area contributed by atoms with Crippen molar-refractivity contribution in [3.63, 3.8) is 0 Å². The first-order valence-electron chi connectivity index (χ1n) is 8.72. The lowest BCUT2D eigenvalue weighted by molar-refractivity contribution is -0.120. The summed E-state index contributed by atoms with van der Waals surface area (Å²) in [5, 5.41) is 7.49. The Morgan fingerprint density at radius 1 is 1.08 bits per heavy atom. The predicted molar refractivity (Wildman–Crippen MR) is 108 cm³/mol. The number of oxime groups is 1. The number of hydrogen-bond acceptors (Lipinski definition) is 3. The van der Waals surface area contributed by atoms with Crippen LogP contribution in [0, 0.1) is 0 Å². The zero-order valence-corrected chi connectivity index (χ0v) is 16.4. The third-order valence-electron chi connectivity index (χ3n) is 3.98. The monoisotopic (exact) mass is 372 g/mol. The number of nitrogens with one attached hydrogen (secondary N) is 1. The quantitative estimate of drug-likeness (QED) is 0.509. The average Bonchev–Trinajstić information content (AvgIpc) is 2.60. The summed E-state index contributed by atoms with van der Waals surface area (Å²) in [5.41, 5.74) is 3.97. The van der Waals surface area contributed by atoms with Gasteiger partial charge in [0.15, 0.2) is 6.61 Å². The summed E-state index contributed by atoms with van der Waals surface area (Å²) in [6.07, 6.45) is 1.55. The normalized spacial score (nSPS) is 11.3. The molecule has 2 aromatic carbocycles. The second-order valence-corrected chi connectivity index (χ2v) is 7.16. The summed E-state index contributed by atoms with van der Waals surface area (Å²) in [4.78, 5) is 17.4. The molecule has 2 aromatic rings. The zero-order chi connectivity index (χ0) is 19.1. The molecule has 4 nitrogen and oxygen atoms in total. The first-order chi connectivity index (χ1) is 12.4. The maximum atomic E-state index is 12.3. The van der Waals surface area contributed by atoms with Crippen LogP contribution in [-0.2, 0) is 9.63 Å². The van der Waals surface area contributed by atoms with Crippen LogP contribution < -0.4 is 5.32 Å². The van der Waals surface area contributed by atoms with E-state index in [9.17, 15) is 4.79 Å². The predicted octanol–water partition coefficient (Wildman–Crippen LogP) is 5.58. The molecule has 0 saturated heterocycles. The van der Waals surface area contributed by atoms with Gasteiger partial charge in [0, 0.05) is 10.7 Å². The van der Waals surface area contributed by atoms with Gasteiger partial charge in [0.05, 0.1) is 6.21 Å². The Kier molecular flexibility index (Phi) is 7.22. The van der Waals surface area contributed by atoms with Gasteiger partial charge >= 0.3 is 0 Å². The van der Waals surface area contributed by atoms with E-state index in [2.05, 4.69) is 38.2 Å². The fourth-order valence-corrected chi connectivity index (χ4v) is 2.74. The molecular formula is C21H25ClN2O2. The van der Waals surface area contributed by atoms with Gasteiger partial charge in [0.1, 0.15) is 0 Å². The van der Waals surface area contributed by atoms with Crippen molar-refractivity contribution in [1.82, 2.24) is 0 Å². The largest absolute Gasteiger partial charge is 0.386 e. The van der Waals surface area contributed by atoms with Crippen LogP contribution in [0.2, 0.25) is 5.02 Å². The van der Waals surface area contributed by atoms with Crippen molar-refractivity contribution >= 4 is 29.4 Å². The molecule has 1 N–H and O–H groups in total. The van der Waals surface area contributed by atoms with Crippen molar-refractivity contribution in [1.29, 1.82) is 0 Å². The molecule has 0 aliphatic heterocycles. The van der Waals surface area contributed by atoms with E-state index in [1.165, 1.54) is 0 Å². The molecule has 0 spiro atoms. The van der Waals surface area contributed by atoms with Crippen molar-refractivity contribution in [2.24, 2.45) is 5.16 Å². The summed E-state index contributed by atoms with van der Waals surface area (Å²) in [6, 6.07) is 13.3. The van der Waals surface area contributed by atoms with Crippen LogP contribution in [-0.4, -0.2) is 18.7 Å². The number of para-hydroxylation sites is 1. The van der Waals surface area contributed by atoms with Crippen molar-refractivity contribution in [3.8, 4) is 0 Å². The Hall–Kier alpha value is -2.33. The lowest BCUT2D eigenvalue weighted by Gasteiger charge is -2.19. The second-order valence-electron chi connectivity index (χ2n) is 6.73. The molecule has 1 amide bonds. The lowest BCUT2D eigenvalue weighted by Crippen LogP contribution is -2.19. The van der Waals surface area contributed by atoms with Crippen LogP contribution in [0.5, 0.6) is 0 Å². The van der Waals surface area contributed by atoms with E-state index in [0.717, 1.165) is 22.4 Å². The van der Waals surface area contributed by atoms with E-state index >= 15 is 0 Å². The van der Waals surface area contributed by atoms with E-state index in [4.69, 9.17) is 16.4 Å². The smallest absolute Gasteiger partial charge is 0.265 e. The Morgan fingerprint density at radius 2 is 1.65 bits per heavy atom. The fourth-order valence-electron chi connectivity index (χ4n) is 2.61. The van der Waals surface area contributed by atoms with Crippen molar-refractivity contribution in [2.75, 3.05) is 11.9 Å². The molecule has 138 valence electrons. The van der Waals surface area contributed by atoms with E-state index in [-0.39, 0.29) is 12.5 Å². The van der Waals surface area contributed by atoms with Gasteiger partial charge in [0.2, 0.25) is 0 Å². The van der Waals surface area contributed by atoms with E-state index < -0.39 is 0 Å². The molecule has 0 aliphatic carbocycles. The van der Waals surface area contributed by atoms with Gasteiger partial charge in [-0.2, -0.15) is 0 Å². The molecule has 0 radical (unpaired) electrons. The molecule has 0 fully saturated rings. The highest BCUT2D eigenvalue weighted by Crippen LogP contribution is 2.32. The lowest BCUT2D eigenvalue weighted by atomic mass is 9.92. The first-order valence-corrected chi connectivity index (χ1v) is 9.09. The standard InChI is InChI=1S/C21H25ClN2O2/c1-14(2)18-6-5-7-19(15(3)4)21(18)24-20(25)13-26-23-12-16-8-10-17(22)11-9-16/h5-12,14-15H,13H2,1-4H3,(H,24,25)/b23-12-.